The average molecular weight is 373 g/mol. The maximum atomic E-state index is 12.7. The molecule has 0 aliphatic carbocycles. The Kier molecular flexibility index (Phi) is 4.85. The van der Waals surface area contributed by atoms with E-state index in [2.05, 4.69) is 33.3 Å². The number of benzene rings is 2. The molecule has 0 saturated heterocycles. The van der Waals surface area contributed by atoms with Gasteiger partial charge in [-0.25, -0.2) is 0 Å². The normalized spacial score (nSPS) is 10.7. The molecule has 2 aromatic carbocycles. The van der Waals surface area contributed by atoms with Gasteiger partial charge in [0.05, 0.1) is 5.69 Å². The van der Waals surface area contributed by atoms with E-state index in [-0.39, 0.29) is 5.91 Å². The number of hydrogen-bond acceptors (Lipinski definition) is 3. The van der Waals surface area contributed by atoms with Gasteiger partial charge >= 0.3 is 0 Å². The van der Waals surface area contributed by atoms with E-state index < -0.39 is 0 Å². The predicted octanol–water partition coefficient (Wildman–Crippen LogP) is 4.75. The molecule has 1 N–H and O–H groups in total. The van der Waals surface area contributed by atoms with Crippen LogP contribution in [0.4, 0.5) is 0 Å². The van der Waals surface area contributed by atoms with E-state index in [4.69, 9.17) is 0 Å². The lowest BCUT2D eigenvalue weighted by Crippen LogP contribution is -2.25. The Morgan fingerprint density at radius 1 is 1.04 bits per heavy atom. The number of hydrogen-bond donors (Lipinski definition) is 1. The van der Waals surface area contributed by atoms with Crippen LogP contribution in [0.5, 0.6) is 0 Å². The van der Waals surface area contributed by atoms with Crippen molar-refractivity contribution >= 4 is 17.2 Å². The zero-order valence-corrected chi connectivity index (χ0v) is 15.7. The van der Waals surface area contributed by atoms with Crippen LogP contribution in [0.3, 0.4) is 0 Å². The summed E-state index contributed by atoms with van der Waals surface area (Å²) in [6.07, 6.45) is 0. The first-order valence-corrected chi connectivity index (χ1v) is 9.65. The Morgan fingerprint density at radius 2 is 1.81 bits per heavy atom. The molecule has 1 amide bonds. The molecule has 0 aliphatic heterocycles. The molecule has 0 aliphatic rings. The van der Waals surface area contributed by atoms with Crippen LogP contribution in [0, 0.1) is 0 Å². The number of rotatable bonds is 5. The van der Waals surface area contributed by atoms with E-state index in [0.29, 0.717) is 12.2 Å². The quantitative estimate of drug-likeness (QED) is 0.549. The summed E-state index contributed by atoms with van der Waals surface area (Å²) in [5.74, 6) is -0.132. The monoisotopic (exact) mass is 373 g/mol. The second-order valence-corrected chi connectivity index (χ2v) is 7.04. The van der Waals surface area contributed by atoms with Crippen LogP contribution < -0.4 is 5.32 Å². The van der Waals surface area contributed by atoms with E-state index in [1.807, 2.05) is 54.6 Å². The topological polar surface area (TPSA) is 46.9 Å². The van der Waals surface area contributed by atoms with Gasteiger partial charge in [-0.05, 0) is 39.6 Å². The van der Waals surface area contributed by atoms with Gasteiger partial charge in [0.1, 0.15) is 5.69 Å². The van der Waals surface area contributed by atoms with E-state index in [0.717, 1.165) is 22.4 Å². The highest BCUT2D eigenvalue weighted by molar-refractivity contribution is 7.08. The first-order valence-electron chi connectivity index (χ1n) is 8.70. The van der Waals surface area contributed by atoms with Crippen molar-refractivity contribution in [1.82, 2.24) is 15.1 Å². The summed E-state index contributed by atoms with van der Waals surface area (Å²) in [4.78, 5) is 12.7. The number of nitrogens with one attached hydrogen (secondary N) is 1. The molecular weight excluding hydrogens is 354 g/mol. The van der Waals surface area contributed by atoms with Crippen molar-refractivity contribution in [1.29, 1.82) is 0 Å². The minimum atomic E-state index is -0.132. The second-order valence-electron chi connectivity index (χ2n) is 6.26. The summed E-state index contributed by atoms with van der Waals surface area (Å²) in [6.45, 7) is 0.469. The smallest absolute Gasteiger partial charge is 0.269 e. The zero-order valence-electron chi connectivity index (χ0n) is 14.9. The molecule has 2 aromatic heterocycles. The summed E-state index contributed by atoms with van der Waals surface area (Å²) in [7, 11) is 1.79. The molecular formula is C22H19N3OS. The Labute approximate surface area is 162 Å². The summed E-state index contributed by atoms with van der Waals surface area (Å²) < 4.78 is 1.63. The minimum absolute atomic E-state index is 0.132. The Hall–Kier alpha value is -3.18. The van der Waals surface area contributed by atoms with Crippen LogP contribution in [0.1, 0.15) is 16.1 Å². The first kappa shape index (κ1) is 17.2. The molecule has 0 radical (unpaired) electrons. The SMILES string of the molecule is Cn1nc(-c2ccccc2)cc1C(=O)NCc1ccccc1-c1ccsc1. The Morgan fingerprint density at radius 3 is 2.59 bits per heavy atom. The Balaban J connectivity index is 1.52. The van der Waals surface area contributed by atoms with Gasteiger partial charge in [0.2, 0.25) is 0 Å². The average Bonchev–Trinajstić information content (AvgIpc) is 3.37. The molecule has 0 bridgehead atoms. The lowest BCUT2D eigenvalue weighted by molar-refractivity contribution is 0.0941. The van der Waals surface area contributed by atoms with Crippen LogP contribution in [0.15, 0.2) is 77.5 Å². The third-order valence-corrected chi connectivity index (χ3v) is 5.15. The molecule has 27 heavy (non-hydrogen) atoms. The molecule has 4 aromatic rings. The second kappa shape index (κ2) is 7.60. The molecule has 2 heterocycles. The van der Waals surface area contributed by atoms with Crippen molar-refractivity contribution < 1.29 is 4.79 Å². The highest BCUT2D eigenvalue weighted by Crippen LogP contribution is 2.26. The van der Waals surface area contributed by atoms with Gasteiger partial charge in [0.15, 0.2) is 0 Å². The van der Waals surface area contributed by atoms with Crippen molar-refractivity contribution in [2.24, 2.45) is 7.05 Å². The number of nitrogens with zero attached hydrogens (tertiary/aromatic N) is 2. The number of aromatic nitrogens is 2. The molecule has 4 rings (SSSR count). The standard InChI is InChI=1S/C22H19N3OS/c1-25-21(13-20(24-25)16-7-3-2-4-8-16)22(26)23-14-17-9-5-6-10-19(17)18-11-12-27-15-18/h2-13,15H,14H2,1H3,(H,23,26). The lowest BCUT2D eigenvalue weighted by atomic mass is 10.0. The van der Waals surface area contributed by atoms with Crippen LogP contribution >= 0.6 is 11.3 Å². The Bertz CT molecular complexity index is 1050. The van der Waals surface area contributed by atoms with Crippen LogP contribution in [-0.2, 0) is 13.6 Å². The van der Waals surface area contributed by atoms with E-state index in [1.54, 1.807) is 23.1 Å². The fourth-order valence-electron chi connectivity index (χ4n) is 3.07. The fraction of sp³-hybridized carbons (Fsp3) is 0.0909. The van der Waals surface area contributed by atoms with Gasteiger partial charge in [0.25, 0.3) is 5.91 Å². The summed E-state index contributed by atoms with van der Waals surface area (Å²) in [6, 6.07) is 21.9. The molecule has 0 fully saturated rings. The molecule has 0 unspecified atom stereocenters. The van der Waals surface area contributed by atoms with E-state index >= 15 is 0 Å². The molecule has 0 atom stereocenters. The van der Waals surface area contributed by atoms with Gasteiger partial charge in [-0.3, -0.25) is 9.48 Å². The summed E-state index contributed by atoms with van der Waals surface area (Å²) in [5.41, 5.74) is 5.75. The molecule has 5 heteroatoms. The third-order valence-electron chi connectivity index (χ3n) is 4.47. The van der Waals surface area contributed by atoms with E-state index in [9.17, 15) is 4.79 Å². The molecule has 134 valence electrons. The van der Waals surface area contributed by atoms with Crippen molar-refractivity contribution in [3.05, 3.63) is 88.7 Å². The third kappa shape index (κ3) is 3.68. The number of thiophene rings is 1. The van der Waals surface area contributed by atoms with Crippen molar-refractivity contribution in [2.45, 2.75) is 6.54 Å². The van der Waals surface area contributed by atoms with Crippen molar-refractivity contribution in [3.8, 4) is 22.4 Å². The molecule has 0 spiro atoms. The van der Waals surface area contributed by atoms with Crippen LogP contribution in [0.25, 0.3) is 22.4 Å². The van der Waals surface area contributed by atoms with Gasteiger partial charge in [0, 0.05) is 19.2 Å². The van der Waals surface area contributed by atoms with Crippen LogP contribution in [-0.4, -0.2) is 15.7 Å². The predicted molar refractivity (Wildman–Crippen MR) is 110 cm³/mol. The van der Waals surface area contributed by atoms with Gasteiger partial charge in [-0.2, -0.15) is 16.4 Å². The first-order chi connectivity index (χ1) is 13.2. The number of aryl methyl sites for hydroxylation is 1. The zero-order chi connectivity index (χ0) is 18.6. The maximum absolute atomic E-state index is 12.7. The van der Waals surface area contributed by atoms with E-state index in [1.165, 1.54) is 5.56 Å². The highest BCUT2D eigenvalue weighted by Gasteiger charge is 2.15. The van der Waals surface area contributed by atoms with Crippen molar-refractivity contribution in [2.75, 3.05) is 0 Å². The molecule has 0 saturated carbocycles. The lowest BCUT2D eigenvalue weighted by Gasteiger charge is -2.10. The van der Waals surface area contributed by atoms with Crippen molar-refractivity contribution in [3.63, 3.8) is 0 Å². The number of amides is 1. The molecule has 4 nitrogen and oxygen atoms in total. The maximum Gasteiger partial charge on any atom is 0.269 e. The number of carbonyl (C=O) groups excluding carboxylic acids is 1. The number of carbonyl (C=O) groups is 1. The van der Waals surface area contributed by atoms with Gasteiger partial charge in [-0.1, -0.05) is 54.6 Å². The fourth-order valence-corrected chi connectivity index (χ4v) is 3.73. The van der Waals surface area contributed by atoms with Crippen LogP contribution in [0.2, 0.25) is 0 Å². The minimum Gasteiger partial charge on any atom is -0.347 e. The van der Waals surface area contributed by atoms with Gasteiger partial charge < -0.3 is 5.32 Å². The van der Waals surface area contributed by atoms with Gasteiger partial charge in [-0.15, -0.1) is 0 Å². The largest absolute Gasteiger partial charge is 0.347 e. The highest BCUT2D eigenvalue weighted by atomic mass is 32.1. The summed E-state index contributed by atoms with van der Waals surface area (Å²) in [5, 5.41) is 11.7. The summed E-state index contributed by atoms with van der Waals surface area (Å²) >= 11 is 1.67.